The average Bonchev–Trinajstić information content (AvgIpc) is 2.22. The molecule has 0 saturated heterocycles. The Morgan fingerprint density at radius 1 is 1.38 bits per heavy atom. The fourth-order valence-electron chi connectivity index (χ4n) is 1.86. The van der Waals surface area contributed by atoms with Gasteiger partial charge in [-0.2, -0.15) is 0 Å². The molecule has 0 radical (unpaired) electrons. The molecule has 1 unspecified atom stereocenters. The van der Waals surface area contributed by atoms with Gasteiger partial charge < -0.3 is 5.73 Å². The lowest BCUT2D eigenvalue weighted by molar-refractivity contribution is 0.281. The maximum Gasteiger partial charge on any atom is 0.108 e. The van der Waals surface area contributed by atoms with Gasteiger partial charge >= 0.3 is 0 Å². The van der Waals surface area contributed by atoms with Crippen LogP contribution in [0, 0.1) is 12.3 Å². The molecule has 88 valence electrons. The second-order valence-corrected chi connectivity index (χ2v) is 4.28. The molecular formula is C13H21N3. The Bertz CT molecular complexity index is 343. The maximum atomic E-state index is 7.52. The van der Waals surface area contributed by atoms with Crippen LogP contribution in [0.25, 0.3) is 0 Å². The number of benzene rings is 1. The number of rotatable bonds is 5. The molecule has 0 aliphatic rings. The Morgan fingerprint density at radius 2 is 1.94 bits per heavy atom. The molecule has 0 fully saturated rings. The standard InChI is InChI=1S/C13H21N3/c1-4-12(13(14)15)16(3)9-11-7-5-10(2)6-8-11/h5-8,12H,4,9H2,1-3H3,(H3,14,15). The van der Waals surface area contributed by atoms with E-state index >= 15 is 0 Å². The highest BCUT2D eigenvalue weighted by molar-refractivity contribution is 5.82. The van der Waals surface area contributed by atoms with E-state index in [2.05, 4.69) is 43.0 Å². The second-order valence-electron chi connectivity index (χ2n) is 4.28. The number of nitrogens with one attached hydrogen (secondary N) is 1. The summed E-state index contributed by atoms with van der Waals surface area (Å²) in [7, 11) is 2.01. The number of likely N-dealkylation sites (N-methyl/N-ethyl adjacent to an activating group) is 1. The highest BCUT2D eigenvalue weighted by atomic mass is 15.1. The predicted molar refractivity (Wildman–Crippen MR) is 68.6 cm³/mol. The number of nitrogens with two attached hydrogens (primary N) is 1. The smallest absolute Gasteiger partial charge is 0.108 e. The predicted octanol–water partition coefficient (Wildman–Crippen LogP) is 2.14. The summed E-state index contributed by atoms with van der Waals surface area (Å²) < 4.78 is 0. The summed E-state index contributed by atoms with van der Waals surface area (Å²) in [6.45, 7) is 4.97. The molecule has 0 aliphatic heterocycles. The van der Waals surface area contributed by atoms with Crippen molar-refractivity contribution in [2.45, 2.75) is 32.9 Å². The van der Waals surface area contributed by atoms with Gasteiger partial charge in [-0.05, 0) is 26.0 Å². The van der Waals surface area contributed by atoms with Crippen LogP contribution in [0.1, 0.15) is 24.5 Å². The van der Waals surface area contributed by atoms with E-state index in [1.165, 1.54) is 11.1 Å². The Kier molecular flexibility index (Phi) is 4.50. The third kappa shape index (κ3) is 3.35. The van der Waals surface area contributed by atoms with E-state index in [1.807, 2.05) is 7.05 Å². The van der Waals surface area contributed by atoms with Crippen LogP contribution in [0.15, 0.2) is 24.3 Å². The molecule has 0 spiro atoms. The molecule has 1 aromatic carbocycles. The van der Waals surface area contributed by atoms with Crippen molar-refractivity contribution in [2.24, 2.45) is 5.73 Å². The third-order valence-electron chi connectivity index (χ3n) is 2.83. The van der Waals surface area contributed by atoms with E-state index in [-0.39, 0.29) is 11.9 Å². The van der Waals surface area contributed by atoms with Crippen LogP contribution in [0.2, 0.25) is 0 Å². The highest BCUT2D eigenvalue weighted by Crippen LogP contribution is 2.09. The van der Waals surface area contributed by atoms with Crippen molar-refractivity contribution < 1.29 is 0 Å². The monoisotopic (exact) mass is 219 g/mol. The summed E-state index contributed by atoms with van der Waals surface area (Å²) in [5, 5.41) is 7.52. The van der Waals surface area contributed by atoms with Crippen molar-refractivity contribution in [3.8, 4) is 0 Å². The summed E-state index contributed by atoms with van der Waals surface area (Å²) in [5.41, 5.74) is 8.09. The zero-order valence-electron chi connectivity index (χ0n) is 10.3. The number of amidine groups is 1. The van der Waals surface area contributed by atoms with Crippen LogP contribution in [0.3, 0.4) is 0 Å². The number of hydrogen-bond donors (Lipinski definition) is 2. The van der Waals surface area contributed by atoms with Crippen molar-refractivity contribution in [2.75, 3.05) is 7.05 Å². The van der Waals surface area contributed by atoms with Gasteiger partial charge in [0.15, 0.2) is 0 Å². The summed E-state index contributed by atoms with van der Waals surface area (Å²) >= 11 is 0. The fourth-order valence-corrected chi connectivity index (χ4v) is 1.86. The molecule has 0 heterocycles. The highest BCUT2D eigenvalue weighted by Gasteiger charge is 2.15. The van der Waals surface area contributed by atoms with Crippen molar-refractivity contribution in [1.82, 2.24) is 4.90 Å². The third-order valence-corrected chi connectivity index (χ3v) is 2.83. The molecule has 0 bridgehead atoms. The lowest BCUT2D eigenvalue weighted by Gasteiger charge is -2.26. The van der Waals surface area contributed by atoms with Crippen LogP contribution >= 0.6 is 0 Å². The number of nitrogens with zero attached hydrogens (tertiary/aromatic N) is 1. The zero-order valence-corrected chi connectivity index (χ0v) is 10.3. The molecule has 1 atom stereocenters. The van der Waals surface area contributed by atoms with Gasteiger partial charge in [0.2, 0.25) is 0 Å². The zero-order chi connectivity index (χ0) is 12.1. The van der Waals surface area contributed by atoms with Crippen LogP contribution in [-0.4, -0.2) is 23.8 Å². The number of hydrogen-bond acceptors (Lipinski definition) is 2. The minimum Gasteiger partial charge on any atom is -0.386 e. The number of aryl methyl sites for hydroxylation is 1. The van der Waals surface area contributed by atoms with Crippen LogP contribution < -0.4 is 5.73 Å². The Balaban J connectivity index is 2.66. The normalized spacial score (nSPS) is 12.8. The van der Waals surface area contributed by atoms with E-state index in [0.29, 0.717) is 0 Å². The largest absolute Gasteiger partial charge is 0.386 e. The van der Waals surface area contributed by atoms with E-state index in [1.54, 1.807) is 0 Å². The first-order valence-electron chi connectivity index (χ1n) is 5.64. The molecule has 3 nitrogen and oxygen atoms in total. The van der Waals surface area contributed by atoms with Gasteiger partial charge in [-0.1, -0.05) is 36.8 Å². The topological polar surface area (TPSA) is 53.1 Å². The van der Waals surface area contributed by atoms with Crippen LogP contribution in [0.5, 0.6) is 0 Å². The minimum absolute atomic E-state index is 0.0429. The summed E-state index contributed by atoms with van der Waals surface area (Å²) in [5.74, 6) is 0.247. The lowest BCUT2D eigenvalue weighted by Crippen LogP contribution is -2.41. The fraction of sp³-hybridized carbons (Fsp3) is 0.462. The van der Waals surface area contributed by atoms with Gasteiger partial charge in [-0.15, -0.1) is 0 Å². The summed E-state index contributed by atoms with van der Waals surface area (Å²) in [6, 6.07) is 8.51. The van der Waals surface area contributed by atoms with Crippen LogP contribution in [0.4, 0.5) is 0 Å². The average molecular weight is 219 g/mol. The lowest BCUT2D eigenvalue weighted by atomic mass is 10.1. The quantitative estimate of drug-likeness (QED) is 0.589. The molecule has 1 rings (SSSR count). The van der Waals surface area contributed by atoms with Gasteiger partial charge in [0.05, 0.1) is 6.04 Å². The molecular weight excluding hydrogens is 198 g/mol. The Morgan fingerprint density at radius 3 is 2.38 bits per heavy atom. The van der Waals surface area contributed by atoms with Gasteiger partial charge in [0.1, 0.15) is 5.84 Å². The van der Waals surface area contributed by atoms with Crippen molar-refractivity contribution in [3.05, 3.63) is 35.4 Å². The van der Waals surface area contributed by atoms with E-state index < -0.39 is 0 Å². The van der Waals surface area contributed by atoms with Gasteiger partial charge in [-0.25, -0.2) is 0 Å². The van der Waals surface area contributed by atoms with E-state index in [0.717, 1.165) is 13.0 Å². The second kappa shape index (κ2) is 5.66. The summed E-state index contributed by atoms with van der Waals surface area (Å²) in [4.78, 5) is 2.12. The minimum atomic E-state index is 0.0429. The molecule has 0 saturated carbocycles. The summed E-state index contributed by atoms with van der Waals surface area (Å²) in [6.07, 6.45) is 0.873. The first kappa shape index (κ1) is 12.7. The molecule has 3 heteroatoms. The van der Waals surface area contributed by atoms with Crippen molar-refractivity contribution in [3.63, 3.8) is 0 Å². The van der Waals surface area contributed by atoms with Crippen molar-refractivity contribution in [1.29, 1.82) is 5.41 Å². The molecule has 0 amide bonds. The Labute approximate surface area is 97.8 Å². The van der Waals surface area contributed by atoms with E-state index in [9.17, 15) is 0 Å². The molecule has 0 aromatic heterocycles. The first-order chi connectivity index (χ1) is 7.54. The van der Waals surface area contributed by atoms with Crippen LogP contribution in [-0.2, 0) is 6.54 Å². The maximum absolute atomic E-state index is 7.52. The molecule has 1 aromatic rings. The molecule has 0 aliphatic carbocycles. The van der Waals surface area contributed by atoms with Gasteiger partial charge in [-0.3, -0.25) is 10.3 Å². The Hall–Kier alpha value is -1.35. The van der Waals surface area contributed by atoms with E-state index in [4.69, 9.17) is 11.1 Å². The molecule has 16 heavy (non-hydrogen) atoms. The van der Waals surface area contributed by atoms with Crippen molar-refractivity contribution >= 4 is 5.84 Å². The SMILES string of the molecule is CCC(C(=N)N)N(C)Cc1ccc(C)cc1. The van der Waals surface area contributed by atoms with Gasteiger partial charge in [0, 0.05) is 6.54 Å². The first-order valence-corrected chi connectivity index (χ1v) is 5.64. The molecule has 3 N–H and O–H groups in total. The van der Waals surface area contributed by atoms with Gasteiger partial charge in [0.25, 0.3) is 0 Å².